The lowest BCUT2D eigenvalue weighted by Gasteiger charge is -2.22. The Morgan fingerprint density at radius 3 is 2.33 bits per heavy atom. The molecule has 1 saturated carbocycles. The van der Waals surface area contributed by atoms with Gasteiger partial charge in [0.25, 0.3) is 5.91 Å². The lowest BCUT2D eigenvalue weighted by Crippen LogP contribution is -2.50. The van der Waals surface area contributed by atoms with Crippen LogP contribution in [0.15, 0.2) is 29.2 Å². The van der Waals surface area contributed by atoms with Crippen molar-refractivity contribution in [3.8, 4) is 0 Å². The van der Waals surface area contributed by atoms with Crippen molar-refractivity contribution in [2.45, 2.75) is 57.5 Å². The van der Waals surface area contributed by atoms with Crippen molar-refractivity contribution < 1.29 is 18.0 Å². The van der Waals surface area contributed by atoms with Crippen molar-refractivity contribution >= 4 is 21.8 Å². The average Bonchev–Trinajstić information content (AvgIpc) is 3.43. The molecule has 27 heavy (non-hydrogen) atoms. The van der Waals surface area contributed by atoms with Gasteiger partial charge < -0.3 is 10.6 Å². The number of hydrogen-bond donors (Lipinski definition) is 2. The van der Waals surface area contributed by atoms with Crippen molar-refractivity contribution in [2.75, 3.05) is 13.1 Å². The summed E-state index contributed by atoms with van der Waals surface area (Å²) in [5.41, 5.74) is 0.216. The molecular formula is C19H29N3O4S. The Hall–Kier alpha value is -1.93. The first-order valence-corrected chi connectivity index (χ1v) is 10.9. The second kappa shape index (κ2) is 8.84. The summed E-state index contributed by atoms with van der Waals surface area (Å²) in [5, 5.41) is 5.64. The van der Waals surface area contributed by atoms with Crippen molar-refractivity contribution in [1.29, 1.82) is 0 Å². The van der Waals surface area contributed by atoms with Gasteiger partial charge in [0.05, 0.1) is 4.90 Å². The summed E-state index contributed by atoms with van der Waals surface area (Å²) < 4.78 is 26.7. The van der Waals surface area contributed by atoms with E-state index in [1.165, 1.54) is 16.4 Å². The van der Waals surface area contributed by atoms with Crippen molar-refractivity contribution in [3.05, 3.63) is 29.8 Å². The molecule has 2 rings (SSSR count). The van der Waals surface area contributed by atoms with E-state index in [9.17, 15) is 18.0 Å². The van der Waals surface area contributed by atoms with Gasteiger partial charge in [-0.1, -0.05) is 33.8 Å². The molecule has 0 bridgehead atoms. The minimum atomic E-state index is -3.65. The highest BCUT2D eigenvalue weighted by molar-refractivity contribution is 7.89. The van der Waals surface area contributed by atoms with Gasteiger partial charge in [0.2, 0.25) is 15.9 Å². The molecule has 1 aromatic carbocycles. The van der Waals surface area contributed by atoms with Crippen LogP contribution in [0, 0.1) is 5.92 Å². The van der Waals surface area contributed by atoms with Gasteiger partial charge in [0, 0.05) is 24.7 Å². The van der Waals surface area contributed by atoms with Crippen LogP contribution in [0.1, 0.15) is 50.9 Å². The number of hydrogen-bond acceptors (Lipinski definition) is 4. The third-order valence-electron chi connectivity index (χ3n) is 4.60. The molecule has 1 aliphatic carbocycles. The van der Waals surface area contributed by atoms with E-state index in [-0.39, 0.29) is 28.3 Å². The maximum absolute atomic E-state index is 12.7. The second-order valence-corrected chi connectivity index (χ2v) is 9.03. The summed E-state index contributed by atoms with van der Waals surface area (Å²) in [6.45, 7) is 7.96. The quantitative estimate of drug-likeness (QED) is 0.666. The van der Waals surface area contributed by atoms with E-state index in [1.54, 1.807) is 26.0 Å². The van der Waals surface area contributed by atoms with E-state index >= 15 is 0 Å². The minimum absolute atomic E-state index is 0.0716. The summed E-state index contributed by atoms with van der Waals surface area (Å²) in [7, 11) is -3.65. The smallest absolute Gasteiger partial charge is 0.251 e. The molecule has 150 valence electrons. The first kappa shape index (κ1) is 21.4. The standard InChI is InChI=1S/C19H29N3O4S/c1-5-22(6-2)27(25,26)16-9-7-8-14(12-16)18(23)21-17(13(3)4)19(24)20-15-10-11-15/h7-9,12-13,15,17H,5-6,10-11H2,1-4H3,(H,20,24)(H,21,23)/t17-/m1/s1. The van der Waals surface area contributed by atoms with Gasteiger partial charge in [0.1, 0.15) is 6.04 Å². The van der Waals surface area contributed by atoms with E-state index in [2.05, 4.69) is 10.6 Å². The average molecular weight is 396 g/mol. The molecule has 0 saturated heterocycles. The minimum Gasteiger partial charge on any atom is -0.352 e. The third kappa shape index (κ3) is 5.29. The molecule has 1 fully saturated rings. The third-order valence-corrected chi connectivity index (χ3v) is 6.64. The molecule has 1 atom stereocenters. The Bertz CT molecular complexity index is 784. The maximum Gasteiger partial charge on any atom is 0.251 e. The summed E-state index contributed by atoms with van der Waals surface area (Å²) in [4.78, 5) is 25.1. The molecule has 7 nitrogen and oxygen atoms in total. The summed E-state index contributed by atoms with van der Waals surface area (Å²) >= 11 is 0. The maximum atomic E-state index is 12.7. The Kier molecular flexibility index (Phi) is 7.00. The van der Waals surface area contributed by atoms with E-state index in [0.29, 0.717) is 13.1 Å². The number of carbonyl (C=O) groups excluding carboxylic acids is 2. The predicted molar refractivity (Wildman–Crippen MR) is 104 cm³/mol. The molecule has 2 amide bonds. The zero-order chi connectivity index (χ0) is 20.2. The fourth-order valence-electron chi connectivity index (χ4n) is 2.79. The molecule has 0 spiro atoms. The molecule has 0 aliphatic heterocycles. The lowest BCUT2D eigenvalue weighted by atomic mass is 10.0. The van der Waals surface area contributed by atoms with Crippen LogP contribution in [0.25, 0.3) is 0 Å². The fraction of sp³-hybridized carbons (Fsp3) is 0.579. The molecule has 0 radical (unpaired) electrons. The molecular weight excluding hydrogens is 366 g/mol. The van der Waals surface area contributed by atoms with Crippen LogP contribution < -0.4 is 10.6 Å². The second-order valence-electron chi connectivity index (χ2n) is 7.10. The molecule has 1 aliphatic rings. The van der Waals surface area contributed by atoms with Crippen LogP contribution in [0.4, 0.5) is 0 Å². The molecule has 1 aromatic rings. The molecule has 0 unspecified atom stereocenters. The highest BCUT2D eigenvalue weighted by Gasteiger charge is 2.30. The van der Waals surface area contributed by atoms with E-state index in [0.717, 1.165) is 12.8 Å². The Labute approximate surface area is 161 Å². The number of carbonyl (C=O) groups is 2. The van der Waals surface area contributed by atoms with Crippen LogP contribution in [-0.4, -0.2) is 49.7 Å². The van der Waals surface area contributed by atoms with Gasteiger partial charge in [-0.25, -0.2) is 8.42 Å². The highest BCUT2D eigenvalue weighted by atomic mass is 32.2. The van der Waals surface area contributed by atoms with Crippen LogP contribution in [-0.2, 0) is 14.8 Å². The molecule has 2 N–H and O–H groups in total. The lowest BCUT2D eigenvalue weighted by molar-refractivity contribution is -0.124. The Balaban J connectivity index is 2.19. The number of nitrogens with one attached hydrogen (secondary N) is 2. The number of rotatable bonds is 9. The molecule has 0 heterocycles. The Morgan fingerprint density at radius 1 is 1.19 bits per heavy atom. The molecule has 8 heteroatoms. The van der Waals surface area contributed by atoms with Gasteiger partial charge in [-0.15, -0.1) is 0 Å². The zero-order valence-electron chi connectivity index (χ0n) is 16.4. The van der Waals surface area contributed by atoms with E-state index < -0.39 is 22.0 Å². The zero-order valence-corrected chi connectivity index (χ0v) is 17.2. The van der Waals surface area contributed by atoms with Crippen LogP contribution in [0.2, 0.25) is 0 Å². The fourth-order valence-corrected chi connectivity index (χ4v) is 4.29. The largest absolute Gasteiger partial charge is 0.352 e. The normalized spacial score (nSPS) is 15.6. The van der Waals surface area contributed by atoms with E-state index in [1.807, 2.05) is 13.8 Å². The number of benzene rings is 1. The Morgan fingerprint density at radius 2 is 1.81 bits per heavy atom. The predicted octanol–water partition coefficient (Wildman–Crippen LogP) is 1.75. The van der Waals surface area contributed by atoms with E-state index in [4.69, 9.17) is 0 Å². The molecule has 0 aromatic heterocycles. The first-order valence-electron chi connectivity index (χ1n) is 9.42. The number of sulfonamides is 1. The van der Waals surface area contributed by atoms with Gasteiger partial charge in [-0.05, 0) is 37.0 Å². The van der Waals surface area contributed by atoms with Crippen molar-refractivity contribution in [1.82, 2.24) is 14.9 Å². The van der Waals surface area contributed by atoms with Crippen LogP contribution in [0.5, 0.6) is 0 Å². The van der Waals surface area contributed by atoms with Gasteiger partial charge in [-0.2, -0.15) is 4.31 Å². The SMILES string of the molecule is CCN(CC)S(=O)(=O)c1cccc(C(=O)N[C@@H](C(=O)NC2CC2)C(C)C)c1. The monoisotopic (exact) mass is 395 g/mol. The summed E-state index contributed by atoms with van der Waals surface area (Å²) in [6, 6.07) is 5.47. The topological polar surface area (TPSA) is 95.6 Å². The summed E-state index contributed by atoms with van der Waals surface area (Å²) in [6.07, 6.45) is 1.94. The van der Waals surface area contributed by atoms with Crippen molar-refractivity contribution in [2.24, 2.45) is 5.92 Å². The first-order chi connectivity index (χ1) is 12.7. The van der Waals surface area contributed by atoms with Gasteiger partial charge in [0.15, 0.2) is 0 Å². The van der Waals surface area contributed by atoms with Gasteiger partial charge in [-0.3, -0.25) is 9.59 Å². The van der Waals surface area contributed by atoms with Gasteiger partial charge >= 0.3 is 0 Å². The highest BCUT2D eigenvalue weighted by Crippen LogP contribution is 2.20. The van der Waals surface area contributed by atoms with Crippen LogP contribution in [0.3, 0.4) is 0 Å². The van der Waals surface area contributed by atoms with Crippen LogP contribution >= 0.6 is 0 Å². The van der Waals surface area contributed by atoms with Crippen molar-refractivity contribution in [3.63, 3.8) is 0 Å². The number of nitrogens with zero attached hydrogens (tertiary/aromatic N) is 1. The number of amides is 2. The summed E-state index contributed by atoms with van der Waals surface area (Å²) in [5.74, 6) is -0.751.